The van der Waals surface area contributed by atoms with Crippen LogP contribution >= 0.6 is 0 Å². The first-order chi connectivity index (χ1) is 19.1. The molecule has 0 atom stereocenters. The number of ether oxygens (including phenoxy) is 4. The zero-order valence-electron chi connectivity index (χ0n) is 22.5. The lowest BCUT2D eigenvalue weighted by Crippen LogP contribution is -2.38. The van der Waals surface area contributed by atoms with Crippen molar-refractivity contribution in [2.24, 2.45) is 0 Å². The third-order valence-electron chi connectivity index (χ3n) is 6.63. The zero-order valence-corrected chi connectivity index (χ0v) is 22.5. The normalized spacial score (nSPS) is 14.3. The van der Waals surface area contributed by atoms with Crippen molar-refractivity contribution in [1.29, 1.82) is 0 Å². The fourth-order valence-corrected chi connectivity index (χ4v) is 4.86. The first-order valence-electron chi connectivity index (χ1n) is 13.3. The van der Waals surface area contributed by atoms with Gasteiger partial charge in [0.1, 0.15) is 17.2 Å². The summed E-state index contributed by atoms with van der Waals surface area (Å²) in [7, 11) is 1.26. The highest BCUT2D eigenvalue weighted by Gasteiger charge is 2.23. The highest BCUT2D eigenvalue weighted by Crippen LogP contribution is 2.36. The molecule has 0 unspecified atom stereocenters. The zero-order chi connectivity index (χ0) is 27.2. The molecule has 0 aliphatic carbocycles. The molecule has 1 aliphatic heterocycles. The van der Waals surface area contributed by atoms with E-state index in [0.717, 1.165) is 55.2 Å². The SMILES string of the molecule is CCOc1cc(CN2CCC(Nc3nc4c(OC(=O)OC)cccc4o3)CC2)cc(OCC)c1-n1cccc1. The van der Waals surface area contributed by atoms with Gasteiger partial charge in [-0.25, -0.2) is 4.79 Å². The van der Waals surface area contributed by atoms with Crippen molar-refractivity contribution in [3.63, 3.8) is 0 Å². The summed E-state index contributed by atoms with van der Waals surface area (Å²) in [6.45, 7) is 7.78. The Hall–Kier alpha value is -4.18. The number of carbonyl (C=O) groups excluding carboxylic acids is 1. The second-order valence-corrected chi connectivity index (χ2v) is 9.27. The molecule has 1 N–H and O–H groups in total. The number of likely N-dealkylation sites (tertiary alicyclic amines) is 1. The molecule has 1 saturated heterocycles. The van der Waals surface area contributed by atoms with Crippen LogP contribution in [0, 0.1) is 0 Å². The number of nitrogens with one attached hydrogen (secondary N) is 1. The summed E-state index contributed by atoms with van der Waals surface area (Å²) in [5.41, 5.74) is 3.09. The maximum atomic E-state index is 11.5. The topological polar surface area (TPSA) is 100 Å². The number of aromatic nitrogens is 2. The number of anilines is 1. The number of hydrogen-bond donors (Lipinski definition) is 1. The van der Waals surface area contributed by atoms with E-state index in [2.05, 4.69) is 32.1 Å². The smallest absolute Gasteiger partial charge is 0.492 e. The Labute approximate surface area is 227 Å². The van der Waals surface area contributed by atoms with Gasteiger partial charge in [0.2, 0.25) is 0 Å². The summed E-state index contributed by atoms with van der Waals surface area (Å²) in [6, 6.07) is 14.0. The van der Waals surface area contributed by atoms with Crippen molar-refractivity contribution >= 4 is 23.3 Å². The van der Waals surface area contributed by atoms with E-state index in [9.17, 15) is 4.79 Å². The number of nitrogens with zero attached hydrogens (tertiary/aromatic N) is 3. The summed E-state index contributed by atoms with van der Waals surface area (Å²) in [6.07, 6.45) is 5.07. The molecule has 4 aromatic rings. The fourth-order valence-electron chi connectivity index (χ4n) is 4.86. The molecule has 10 heteroatoms. The predicted octanol–water partition coefficient (Wildman–Crippen LogP) is 5.64. The molecule has 1 fully saturated rings. The third-order valence-corrected chi connectivity index (χ3v) is 6.63. The van der Waals surface area contributed by atoms with E-state index in [1.165, 1.54) is 7.11 Å². The maximum Gasteiger partial charge on any atom is 0.513 e. The minimum atomic E-state index is -0.798. The fraction of sp³-hybridized carbons (Fsp3) is 0.379. The number of para-hydroxylation sites is 1. The van der Waals surface area contributed by atoms with E-state index >= 15 is 0 Å². The summed E-state index contributed by atoms with van der Waals surface area (Å²) >= 11 is 0. The van der Waals surface area contributed by atoms with Crippen molar-refractivity contribution in [2.45, 2.75) is 39.3 Å². The first-order valence-corrected chi connectivity index (χ1v) is 13.3. The summed E-state index contributed by atoms with van der Waals surface area (Å²) in [5, 5.41) is 3.41. The molecule has 10 nitrogen and oxygen atoms in total. The van der Waals surface area contributed by atoms with E-state index in [4.69, 9.17) is 18.6 Å². The molecule has 206 valence electrons. The van der Waals surface area contributed by atoms with Gasteiger partial charge in [0.05, 0.1) is 20.3 Å². The predicted molar refractivity (Wildman–Crippen MR) is 147 cm³/mol. The lowest BCUT2D eigenvalue weighted by Gasteiger charge is -2.32. The average molecular weight is 535 g/mol. The van der Waals surface area contributed by atoms with Gasteiger partial charge < -0.3 is 33.2 Å². The van der Waals surface area contributed by atoms with Crippen molar-refractivity contribution < 1.29 is 28.2 Å². The number of carbonyl (C=O) groups is 1. The quantitative estimate of drug-likeness (QED) is 0.205. The first kappa shape index (κ1) is 26.4. The van der Waals surface area contributed by atoms with Crippen molar-refractivity contribution in [1.82, 2.24) is 14.5 Å². The molecule has 0 amide bonds. The van der Waals surface area contributed by atoms with Crippen LogP contribution in [0.4, 0.5) is 10.8 Å². The molecule has 3 heterocycles. The van der Waals surface area contributed by atoms with Crippen LogP contribution in [-0.2, 0) is 11.3 Å². The van der Waals surface area contributed by atoms with Crippen LogP contribution in [-0.4, -0.2) is 60.1 Å². The number of oxazole rings is 1. The maximum absolute atomic E-state index is 11.5. The van der Waals surface area contributed by atoms with Gasteiger partial charge in [-0.3, -0.25) is 4.90 Å². The average Bonchev–Trinajstić information content (AvgIpc) is 3.61. The van der Waals surface area contributed by atoms with Gasteiger partial charge >= 0.3 is 6.16 Å². The van der Waals surface area contributed by atoms with Crippen molar-refractivity contribution in [3.8, 4) is 22.9 Å². The Morgan fingerprint density at radius 3 is 2.36 bits per heavy atom. The number of rotatable bonds is 10. The largest absolute Gasteiger partial charge is 0.513 e. The summed E-state index contributed by atoms with van der Waals surface area (Å²) in [5.74, 6) is 1.93. The Kier molecular flexibility index (Phi) is 8.21. The Balaban J connectivity index is 1.24. The van der Waals surface area contributed by atoms with Crippen LogP contribution in [0.15, 0.2) is 59.3 Å². The monoisotopic (exact) mass is 534 g/mol. The molecule has 0 bridgehead atoms. The molecule has 39 heavy (non-hydrogen) atoms. The summed E-state index contributed by atoms with van der Waals surface area (Å²) in [4.78, 5) is 18.5. The minimum Gasteiger partial charge on any atom is -0.492 e. The molecule has 2 aromatic carbocycles. The van der Waals surface area contributed by atoms with E-state index in [0.29, 0.717) is 36.1 Å². The van der Waals surface area contributed by atoms with E-state index in [-0.39, 0.29) is 6.04 Å². The number of piperidine rings is 1. The van der Waals surface area contributed by atoms with E-state index < -0.39 is 6.16 Å². The van der Waals surface area contributed by atoms with Gasteiger partial charge in [0.25, 0.3) is 6.01 Å². The second kappa shape index (κ2) is 12.1. The summed E-state index contributed by atoms with van der Waals surface area (Å²) < 4.78 is 29.8. The van der Waals surface area contributed by atoms with Gasteiger partial charge in [-0.1, -0.05) is 6.07 Å². The number of hydrogen-bond acceptors (Lipinski definition) is 9. The van der Waals surface area contributed by atoms with Crippen LogP contribution in [0.2, 0.25) is 0 Å². The second-order valence-electron chi connectivity index (χ2n) is 9.27. The lowest BCUT2D eigenvalue weighted by molar-refractivity contribution is 0.122. The van der Waals surface area contributed by atoms with Crippen LogP contribution in [0.5, 0.6) is 17.2 Å². The molecule has 0 saturated carbocycles. The van der Waals surface area contributed by atoms with Crippen LogP contribution in [0.1, 0.15) is 32.3 Å². The van der Waals surface area contributed by atoms with Crippen LogP contribution < -0.4 is 19.5 Å². The van der Waals surface area contributed by atoms with Gasteiger partial charge in [-0.15, -0.1) is 0 Å². The van der Waals surface area contributed by atoms with Gasteiger partial charge in [0, 0.05) is 38.1 Å². The number of benzene rings is 2. The van der Waals surface area contributed by atoms with Gasteiger partial charge in [-0.05, 0) is 68.7 Å². The number of methoxy groups -OCH3 is 1. The lowest BCUT2D eigenvalue weighted by atomic mass is 10.0. The molecule has 0 radical (unpaired) electrons. The Morgan fingerprint density at radius 2 is 1.72 bits per heavy atom. The Bertz CT molecular complexity index is 1370. The molecule has 1 aliphatic rings. The van der Waals surface area contributed by atoms with Crippen LogP contribution in [0.25, 0.3) is 16.8 Å². The van der Waals surface area contributed by atoms with Gasteiger partial charge in [-0.2, -0.15) is 4.98 Å². The standard InChI is InChI=1S/C29H34N4O6/c1-4-36-24-17-20(18-25(37-5-2)27(24)33-13-6-7-14-33)19-32-15-11-21(12-16-32)30-28-31-26-22(38-28)9-8-10-23(26)39-29(34)35-3/h6-10,13-14,17-18,21H,4-5,11-12,15-16,19H2,1-3H3,(H,30,31). The Morgan fingerprint density at radius 1 is 1.03 bits per heavy atom. The molecule has 0 spiro atoms. The third kappa shape index (κ3) is 6.12. The van der Waals surface area contributed by atoms with Crippen molar-refractivity contribution in [3.05, 3.63) is 60.4 Å². The van der Waals surface area contributed by atoms with E-state index in [1.807, 2.05) is 42.9 Å². The molecular formula is C29H34N4O6. The van der Waals surface area contributed by atoms with Crippen molar-refractivity contribution in [2.75, 3.05) is 38.7 Å². The van der Waals surface area contributed by atoms with E-state index in [1.54, 1.807) is 18.2 Å². The highest BCUT2D eigenvalue weighted by atomic mass is 16.7. The van der Waals surface area contributed by atoms with Crippen LogP contribution in [0.3, 0.4) is 0 Å². The highest BCUT2D eigenvalue weighted by molar-refractivity contribution is 5.83. The molecular weight excluding hydrogens is 500 g/mol. The molecule has 2 aromatic heterocycles. The number of fused-ring (bicyclic) bond motifs is 1. The van der Waals surface area contributed by atoms with Gasteiger partial charge in [0.15, 0.2) is 16.8 Å². The minimum absolute atomic E-state index is 0.216. The molecule has 5 rings (SSSR count).